The van der Waals surface area contributed by atoms with Crippen molar-refractivity contribution in [2.24, 2.45) is 5.10 Å². The first-order valence-corrected chi connectivity index (χ1v) is 8.00. The molecular weight excluding hydrogens is 367 g/mol. The Morgan fingerprint density at radius 2 is 2.19 bits per heavy atom. The van der Waals surface area contributed by atoms with Crippen molar-refractivity contribution in [1.82, 2.24) is 9.97 Å². The Morgan fingerprint density at radius 1 is 1.42 bits per heavy atom. The van der Waals surface area contributed by atoms with Crippen LogP contribution in [0.15, 0.2) is 29.5 Å². The number of non-ortho nitro benzene ring substituents is 1. The van der Waals surface area contributed by atoms with E-state index in [9.17, 15) is 14.5 Å². The summed E-state index contributed by atoms with van der Waals surface area (Å²) in [4.78, 5) is 20.0. The topological polar surface area (TPSA) is 106 Å². The van der Waals surface area contributed by atoms with Gasteiger partial charge >= 0.3 is 0 Å². The largest absolute Gasteiger partial charge is 0.378 e. The molecule has 9 nitrogen and oxygen atoms in total. The molecule has 0 saturated carbocycles. The summed E-state index contributed by atoms with van der Waals surface area (Å²) in [6.07, 6.45) is 2.35. The molecule has 1 aromatic carbocycles. The molecule has 0 bridgehead atoms. The molecule has 0 radical (unpaired) electrons. The second-order valence-corrected chi connectivity index (χ2v) is 5.70. The van der Waals surface area contributed by atoms with Gasteiger partial charge in [-0.1, -0.05) is 11.6 Å². The van der Waals surface area contributed by atoms with Crippen LogP contribution in [0, 0.1) is 15.9 Å². The highest BCUT2D eigenvalue weighted by atomic mass is 35.5. The highest BCUT2D eigenvalue weighted by Gasteiger charge is 2.17. The molecule has 2 heterocycles. The SMILES string of the molecule is O=[N+]([O-])c1ccc(Cl)c(/C=N\Nc2ncc(F)c(N3CCOCC3)n2)c1. The fourth-order valence-corrected chi connectivity index (χ4v) is 2.48. The summed E-state index contributed by atoms with van der Waals surface area (Å²) in [5.41, 5.74) is 2.81. The van der Waals surface area contributed by atoms with Crippen molar-refractivity contribution in [2.45, 2.75) is 0 Å². The van der Waals surface area contributed by atoms with Crippen molar-refractivity contribution in [3.8, 4) is 0 Å². The number of hydrogen-bond donors (Lipinski definition) is 1. The summed E-state index contributed by atoms with van der Waals surface area (Å²) in [5.74, 6) is -0.289. The van der Waals surface area contributed by atoms with E-state index in [4.69, 9.17) is 16.3 Å². The number of anilines is 2. The molecule has 1 aromatic heterocycles. The van der Waals surface area contributed by atoms with Crippen LogP contribution >= 0.6 is 11.6 Å². The molecule has 1 fully saturated rings. The first-order valence-electron chi connectivity index (χ1n) is 7.63. The molecule has 0 amide bonds. The zero-order chi connectivity index (χ0) is 18.5. The van der Waals surface area contributed by atoms with E-state index < -0.39 is 10.7 Å². The summed E-state index contributed by atoms with van der Waals surface area (Å²) in [5, 5.41) is 15.0. The molecule has 0 aliphatic carbocycles. The van der Waals surface area contributed by atoms with E-state index >= 15 is 0 Å². The van der Waals surface area contributed by atoms with E-state index in [1.54, 1.807) is 4.90 Å². The Morgan fingerprint density at radius 3 is 2.92 bits per heavy atom. The molecule has 0 atom stereocenters. The molecular formula is C15H14ClFN6O3. The van der Waals surface area contributed by atoms with Crippen LogP contribution in [-0.2, 0) is 4.74 Å². The molecule has 1 N–H and O–H groups in total. The minimum absolute atomic E-state index is 0.0886. The van der Waals surface area contributed by atoms with Gasteiger partial charge in [0.15, 0.2) is 11.6 Å². The molecule has 2 aromatic rings. The molecule has 11 heteroatoms. The number of rotatable bonds is 5. The lowest BCUT2D eigenvalue weighted by Crippen LogP contribution is -2.37. The Hall–Kier alpha value is -2.85. The molecule has 0 unspecified atom stereocenters. The van der Waals surface area contributed by atoms with Gasteiger partial charge in [0, 0.05) is 35.8 Å². The third-order valence-electron chi connectivity index (χ3n) is 3.59. The molecule has 1 aliphatic heterocycles. The first kappa shape index (κ1) is 18.0. The number of hydrogen-bond acceptors (Lipinski definition) is 8. The third-order valence-corrected chi connectivity index (χ3v) is 3.94. The number of benzene rings is 1. The minimum atomic E-state index is -0.539. The van der Waals surface area contributed by atoms with Gasteiger partial charge in [0.25, 0.3) is 5.69 Å². The Bertz CT molecular complexity index is 844. The van der Waals surface area contributed by atoms with E-state index in [0.717, 1.165) is 6.20 Å². The number of aromatic nitrogens is 2. The van der Waals surface area contributed by atoms with E-state index in [1.807, 2.05) is 0 Å². The summed E-state index contributed by atoms with van der Waals surface area (Å²) >= 11 is 5.99. The number of halogens is 2. The van der Waals surface area contributed by atoms with Crippen molar-refractivity contribution in [3.05, 3.63) is 50.9 Å². The van der Waals surface area contributed by atoms with Crippen LogP contribution in [0.5, 0.6) is 0 Å². The number of morpholine rings is 1. The fourth-order valence-electron chi connectivity index (χ4n) is 2.31. The molecule has 3 rings (SSSR count). The standard InChI is InChI=1S/C15H14ClFN6O3/c16-12-2-1-11(23(24)25)7-10(12)8-19-21-15-18-9-13(17)14(20-15)22-3-5-26-6-4-22/h1-2,7-9H,3-6H2,(H,18,20,21)/b19-8-. The first-order chi connectivity index (χ1) is 12.5. The smallest absolute Gasteiger partial charge is 0.270 e. The molecule has 136 valence electrons. The number of ether oxygens (including phenoxy) is 1. The van der Waals surface area contributed by atoms with Gasteiger partial charge < -0.3 is 9.64 Å². The normalized spacial score (nSPS) is 14.6. The monoisotopic (exact) mass is 380 g/mol. The molecule has 0 spiro atoms. The number of nitrogens with zero attached hydrogens (tertiary/aromatic N) is 5. The highest BCUT2D eigenvalue weighted by Crippen LogP contribution is 2.21. The van der Waals surface area contributed by atoms with Crippen LogP contribution < -0.4 is 10.3 Å². The van der Waals surface area contributed by atoms with E-state index in [0.29, 0.717) is 36.9 Å². The number of nitrogens with one attached hydrogen (secondary N) is 1. The quantitative estimate of drug-likeness (QED) is 0.482. The Kier molecular flexibility index (Phi) is 5.54. The summed E-state index contributed by atoms with van der Waals surface area (Å²) < 4.78 is 19.2. The van der Waals surface area contributed by atoms with Gasteiger partial charge in [-0.25, -0.2) is 14.8 Å². The van der Waals surface area contributed by atoms with Crippen LogP contribution in [0.1, 0.15) is 5.56 Å². The van der Waals surface area contributed by atoms with Crippen molar-refractivity contribution in [1.29, 1.82) is 0 Å². The second-order valence-electron chi connectivity index (χ2n) is 5.30. The Balaban J connectivity index is 1.74. The average Bonchev–Trinajstić information content (AvgIpc) is 2.65. The zero-order valence-corrected chi connectivity index (χ0v) is 14.2. The van der Waals surface area contributed by atoms with Crippen molar-refractivity contribution in [3.63, 3.8) is 0 Å². The lowest BCUT2D eigenvalue weighted by atomic mass is 10.2. The predicted molar refractivity (Wildman–Crippen MR) is 94.3 cm³/mol. The highest BCUT2D eigenvalue weighted by molar-refractivity contribution is 6.33. The summed E-state index contributed by atoms with van der Waals surface area (Å²) in [6.45, 7) is 2.05. The summed E-state index contributed by atoms with van der Waals surface area (Å²) in [6, 6.07) is 3.99. The maximum atomic E-state index is 14.0. The predicted octanol–water partition coefficient (Wildman–Crippen LogP) is 2.46. The van der Waals surface area contributed by atoms with Crippen LogP contribution in [0.3, 0.4) is 0 Å². The van der Waals surface area contributed by atoms with E-state index in [1.165, 1.54) is 24.4 Å². The van der Waals surface area contributed by atoms with Gasteiger partial charge in [0.1, 0.15) is 0 Å². The average molecular weight is 381 g/mol. The van der Waals surface area contributed by atoms with Crippen molar-refractivity contribution in [2.75, 3.05) is 36.6 Å². The zero-order valence-electron chi connectivity index (χ0n) is 13.4. The Labute approximate surface area is 152 Å². The van der Waals surface area contributed by atoms with Gasteiger partial charge in [0.2, 0.25) is 5.95 Å². The molecule has 26 heavy (non-hydrogen) atoms. The van der Waals surface area contributed by atoms with Crippen LogP contribution in [0.2, 0.25) is 5.02 Å². The van der Waals surface area contributed by atoms with Gasteiger partial charge in [0.05, 0.1) is 30.5 Å². The van der Waals surface area contributed by atoms with Crippen LogP contribution in [0.25, 0.3) is 0 Å². The number of nitro groups is 1. The minimum Gasteiger partial charge on any atom is -0.378 e. The van der Waals surface area contributed by atoms with Gasteiger partial charge in [-0.3, -0.25) is 10.1 Å². The maximum absolute atomic E-state index is 14.0. The van der Waals surface area contributed by atoms with Gasteiger partial charge in [-0.05, 0) is 6.07 Å². The fraction of sp³-hybridized carbons (Fsp3) is 0.267. The number of nitro benzene ring substituents is 1. The van der Waals surface area contributed by atoms with Crippen molar-refractivity contribution < 1.29 is 14.1 Å². The number of hydrazone groups is 1. The third kappa shape index (κ3) is 4.21. The van der Waals surface area contributed by atoms with Crippen molar-refractivity contribution >= 4 is 35.3 Å². The van der Waals surface area contributed by atoms with Gasteiger partial charge in [-0.15, -0.1) is 0 Å². The van der Waals surface area contributed by atoms with Crippen LogP contribution in [0.4, 0.5) is 21.8 Å². The molecule has 1 saturated heterocycles. The lowest BCUT2D eigenvalue weighted by molar-refractivity contribution is -0.384. The van der Waals surface area contributed by atoms with E-state index in [2.05, 4.69) is 20.5 Å². The van der Waals surface area contributed by atoms with Crippen LogP contribution in [-0.4, -0.2) is 47.4 Å². The lowest BCUT2D eigenvalue weighted by Gasteiger charge is -2.27. The van der Waals surface area contributed by atoms with E-state index in [-0.39, 0.29) is 17.5 Å². The van der Waals surface area contributed by atoms with Gasteiger partial charge in [-0.2, -0.15) is 10.1 Å². The molecule has 1 aliphatic rings. The summed E-state index contributed by atoms with van der Waals surface area (Å²) in [7, 11) is 0. The maximum Gasteiger partial charge on any atom is 0.270 e. The second kappa shape index (κ2) is 8.02.